The van der Waals surface area contributed by atoms with E-state index in [1.807, 2.05) is 0 Å². The Labute approximate surface area is 115 Å². The molecule has 0 fully saturated rings. The van der Waals surface area contributed by atoms with Crippen molar-refractivity contribution in [1.82, 2.24) is 10.3 Å². The van der Waals surface area contributed by atoms with Crippen LogP contribution in [0.15, 0.2) is 27.3 Å². The van der Waals surface area contributed by atoms with Gasteiger partial charge >= 0.3 is 6.18 Å². The van der Waals surface area contributed by atoms with E-state index in [4.69, 9.17) is 0 Å². The van der Waals surface area contributed by atoms with Crippen LogP contribution in [-0.4, -0.2) is 10.3 Å². The van der Waals surface area contributed by atoms with E-state index in [9.17, 15) is 13.2 Å². The van der Waals surface area contributed by atoms with Crippen LogP contribution in [0.2, 0.25) is 0 Å². The molecule has 8 heteroatoms. The van der Waals surface area contributed by atoms with Crippen molar-refractivity contribution in [2.24, 2.45) is 0 Å². The fraction of sp³-hybridized carbons (Fsp3) is 0.273. The van der Waals surface area contributed by atoms with E-state index >= 15 is 0 Å². The predicted octanol–water partition coefficient (Wildman–Crippen LogP) is 3.77. The minimum atomic E-state index is -4.40. The average molecular weight is 336 g/mol. The quantitative estimate of drug-likeness (QED) is 0.927. The first kappa shape index (κ1) is 13.9. The normalized spacial score (nSPS) is 11.6. The van der Waals surface area contributed by atoms with Crippen molar-refractivity contribution >= 4 is 21.6 Å². The summed E-state index contributed by atoms with van der Waals surface area (Å²) in [6, 6.07) is 3.92. The third-order valence-electron chi connectivity index (χ3n) is 2.48. The molecule has 1 aromatic heterocycles. The SMILES string of the molecule is Cc1nonc1CNc1ccc(Br)c(C(F)(F)F)c1. The minimum Gasteiger partial charge on any atom is -0.379 e. The molecule has 0 aliphatic carbocycles. The number of hydrogen-bond acceptors (Lipinski definition) is 4. The zero-order valence-corrected chi connectivity index (χ0v) is 11.3. The second-order valence-corrected chi connectivity index (χ2v) is 4.70. The standard InChI is InChI=1S/C11H9BrF3N3O/c1-6-10(18-19-17-6)5-16-7-2-3-9(12)8(4-7)11(13,14)15/h2-4,16H,5H2,1H3. The Kier molecular flexibility index (Phi) is 3.79. The van der Waals surface area contributed by atoms with Crippen LogP contribution in [0.3, 0.4) is 0 Å². The highest BCUT2D eigenvalue weighted by Crippen LogP contribution is 2.36. The van der Waals surface area contributed by atoms with E-state index in [-0.39, 0.29) is 11.0 Å². The molecular weight excluding hydrogens is 327 g/mol. The van der Waals surface area contributed by atoms with Crippen molar-refractivity contribution in [3.8, 4) is 0 Å². The minimum absolute atomic E-state index is 0.00448. The average Bonchev–Trinajstić information content (AvgIpc) is 2.72. The maximum absolute atomic E-state index is 12.7. The first-order valence-corrected chi connectivity index (χ1v) is 6.06. The van der Waals surface area contributed by atoms with Crippen molar-refractivity contribution in [2.75, 3.05) is 5.32 Å². The van der Waals surface area contributed by atoms with Gasteiger partial charge in [0.05, 0.1) is 12.1 Å². The number of anilines is 1. The van der Waals surface area contributed by atoms with Crippen LogP contribution in [0.5, 0.6) is 0 Å². The number of rotatable bonds is 3. The van der Waals surface area contributed by atoms with Gasteiger partial charge in [-0.25, -0.2) is 4.63 Å². The summed E-state index contributed by atoms with van der Waals surface area (Å²) in [6.07, 6.45) is -4.40. The maximum Gasteiger partial charge on any atom is 0.417 e. The molecule has 19 heavy (non-hydrogen) atoms. The summed E-state index contributed by atoms with van der Waals surface area (Å²) in [7, 11) is 0. The summed E-state index contributed by atoms with van der Waals surface area (Å²) in [4.78, 5) is 0. The van der Waals surface area contributed by atoms with Crippen molar-refractivity contribution in [3.63, 3.8) is 0 Å². The summed E-state index contributed by atoms with van der Waals surface area (Å²) in [5.74, 6) is 0. The Morgan fingerprint density at radius 2 is 2.05 bits per heavy atom. The van der Waals surface area contributed by atoms with E-state index in [0.29, 0.717) is 17.1 Å². The lowest BCUT2D eigenvalue weighted by molar-refractivity contribution is -0.138. The fourth-order valence-corrected chi connectivity index (χ4v) is 1.92. The Morgan fingerprint density at radius 3 is 2.63 bits per heavy atom. The third-order valence-corrected chi connectivity index (χ3v) is 3.17. The monoisotopic (exact) mass is 335 g/mol. The topological polar surface area (TPSA) is 51.0 Å². The van der Waals surface area contributed by atoms with Crippen LogP contribution in [0.1, 0.15) is 17.0 Å². The van der Waals surface area contributed by atoms with E-state index in [0.717, 1.165) is 6.07 Å². The number of aryl methyl sites for hydroxylation is 1. The molecule has 0 unspecified atom stereocenters. The largest absolute Gasteiger partial charge is 0.417 e. The summed E-state index contributed by atoms with van der Waals surface area (Å²) < 4.78 is 42.6. The molecule has 102 valence electrons. The number of aromatic nitrogens is 2. The molecule has 0 saturated carbocycles. The second-order valence-electron chi connectivity index (χ2n) is 3.84. The number of nitrogens with one attached hydrogen (secondary N) is 1. The van der Waals surface area contributed by atoms with Gasteiger partial charge in [-0.1, -0.05) is 26.2 Å². The summed E-state index contributed by atoms with van der Waals surface area (Å²) in [5, 5.41) is 10.1. The number of halogens is 4. The molecule has 0 aliphatic heterocycles. The lowest BCUT2D eigenvalue weighted by Gasteiger charge is -2.12. The highest BCUT2D eigenvalue weighted by atomic mass is 79.9. The van der Waals surface area contributed by atoms with Crippen LogP contribution in [0.4, 0.5) is 18.9 Å². The Bertz CT molecular complexity index is 583. The number of nitrogens with zero attached hydrogens (tertiary/aromatic N) is 2. The predicted molar refractivity (Wildman–Crippen MR) is 65.5 cm³/mol. The highest BCUT2D eigenvalue weighted by Gasteiger charge is 2.33. The smallest absolute Gasteiger partial charge is 0.379 e. The van der Waals surface area contributed by atoms with Gasteiger partial charge in [0.15, 0.2) is 0 Å². The summed E-state index contributed by atoms with van der Waals surface area (Å²) in [6.45, 7) is 1.95. The van der Waals surface area contributed by atoms with E-state index in [2.05, 4.69) is 36.2 Å². The lowest BCUT2D eigenvalue weighted by atomic mass is 10.2. The number of hydrogen-bond donors (Lipinski definition) is 1. The van der Waals surface area contributed by atoms with E-state index < -0.39 is 11.7 Å². The van der Waals surface area contributed by atoms with Crippen molar-refractivity contribution in [3.05, 3.63) is 39.6 Å². The molecule has 0 aliphatic rings. The van der Waals surface area contributed by atoms with Crippen molar-refractivity contribution < 1.29 is 17.8 Å². The molecule has 0 bridgehead atoms. The molecule has 1 N–H and O–H groups in total. The van der Waals surface area contributed by atoms with Gasteiger partial charge < -0.3 is 5.32 Å². The second kappa shape index (κ2) is 5.20. The van der Waals surface area contributed by atoms with Gasteiger partial charge in [-0.05, 0) is 25.1 Å². The maximum atomic E-state index is 12.7. The van der Waals surface area contributed by atoms with Crippen LogP contribution in [0, 0.1) is 6.92 Å². The molecule has 2 rings (SSSR count). The van der Waals surface area contributed by atoms with Crippen LogP contribution in [-0.2, 0) is 12.7 Å². The van der Waals surface area contributed by atoms with E-state index in [1.54, 1.807) is 13.0 Å². The van der Waals surface area contributed by atoms with Gasteiger partial charge in [0.25, 0.3) is 0 Å². The molecule has 0 saturated heterocycles. The Balaban J connectivity index is 2.16. The van der Waals surface area contributed by atoms with Gasteiger partial charge in [-0.2, -0.15) is 13.2 Å². The molecule has 0 amide bonds. The van der Waals surface area contributed by atoms with Gasteiger partial charge in [0, 0.05) is 10.2 Å². The lowest BCUT2D eigenvalue weighted by Crippen LogP contribution is -2.08. The zero-order valence-electron chi connectivity index (χ0n) is 9.75. The molecule has 1 aromatic carbocycles. The fourth-order valence-electron chi connectivity index (χ4n) is 1.45. The molecule has 0 spiro atoms. The third kappa shape index (κ3) is 3.25. The Morgan fingerprint density at radius 1 is 1.32 bits per heavy atom. The first-order chi connectivity index (χ1) is 8.88. The van der Waals surface area contributed by atoms with Crippen molar-refractivity contribution in [1.29, 1.82) is 0 Å². The van der Waals surface area contributed by atoms with Crippen LogP contribution in [0.25, 0.3) is 0 Å². The molecule has 0 atom stereocenters. The molecule has 1 heterocycles. The van der Waals surface area contributed by atoms with E-state index in [1.165, 1.54) is 6.07 Å². The first-order valence-electron chi connectivity index (χ1n) is 5.26. The van der Waals surface area contributed by atoms with Crippen LogP contribution < -0.4 is 5.32 Å². The zero-order chi connectivity index (χ0) is 14.0. The van der Waals surface area contributed by atoms with Crippen LogP contribution >= 0.6 is 15.9 Å². The summed E-state index contributed by atoms with van der Waals surface area (Å²) in [5.41, 5.74) is 0.766. The van der Waals surface area contributed by atoms with Gasteiger partial charge in [-0.15, -0.1) is 0 Å². The molecule has 0 radical (unpaired) electrons. The summed E-state index contributed by atoms with van der Waals surface area (Å²) >= 11 is 2.88. The highest BCUT2D eigenvalue weighted by molar-refractivity contribution is 9.10. The van der Waals surface area contributed by atoms with Gasteiger partial charge in [0.1, 0.15) is 11.4 Å². The molecular formula is C11H9BrF3N3O. The number of alkyl halides is 3. The van der Waals surface area contributed by atoms with Gasteiger partial charge in [-0.3, -0.25) is 0 Å². The van der Waals surface area contributed by atoms with Crippen molar-refractivity contribution in [2.45, 2.75) is 19.6 Å². The van der Waals surface area contributed by atoms with Gasteiger partial charge in [0.2, 0.25) is 0 Å². The molecule has 4 nitrogen and oxygen atoms in total. The molecule has 2 aromatic rings. The Hall–Kier alpha value is -1.57. The number of benzene rings is 1.